The predicted molar refractivity (Wildman–Crippen MR) is 151 cm³/mol. The summed E-state index contributed by atoms with van der Waals surface area (Å²) in [5.41, 5.74) is 2.72. The highest BCUT2D eigenvalue weighted by molar-refractivity contribution is 6.00. The zero-order valence-electron chi connectivity index (χ0n) is 22.3. The summed E-state index contributed by atoms with van der Waals surface area (Å²) < 4.78 is 26.6. The van der Waals surface area contributed by atoms with E-state index in [0.29, 0.717) is 66.0 Å². The number of benzene rings is 2. The summed E-state index contributed by atoms with van der Waals surface area (Å²) >= 11 is 0. The van der Waals surface area contributed by atoms with Gasteiger partial charge in [-0.15, -0.1) is 0 Å². The summed E-state index contributed by atoms with van der Waals surface area (Å²) in [6, 6.07) is 11.8. The summed E-state index contributed by atoms with van der Waals surface area (Å²) in [4.78, 5) is 30.9. The first-order valence-corrected chi connectivity index (χ1v) is 13.5. The van der Waals surface area contributed by atoms with Crippen LogP contribution in [0.4, 0.5) is 10.2 Å². The van der Waals surface area contributed by atoms with Crippen molar-refractivity contribution in [1.29, 1.82) is 0 Å². The van der Waals surface area contributed by atoms with Gasteiger partial charge in [-0.1, -0.05) is 18.7 Å². The molecule has 0 aliphatic carbocycles. The van der Waals surface area contributed by atoms with E-state index in [4.69, 9.17) is 9.47 Å². The lowest BCUT2D eigenvalue weighted by Gasteiger charge is -2.15. The molecule has 3 N–H and O–H groups in total. The van der Waals surface area contributed by atoms with Crippen molar-refractivity contribution in [2.45, 2.75) is 25.4 Å². The molecule has 0 bridgehead atoms. The van der Waals surface area contributed by atoms with Crippen molar-refractivity contribution in [1.82, 2.24) is 25.4 Å². The van der Waals surface area contributed by atoms with Crippen LogP contribution < -0.4 is 20.1 Å². The number of likely N-dealkylation sites (tertiary alicyclic amines) is 1. The number of ether oxygens (including phenoxy) is 2. The average Bonchev–Trinajstić information content (AvgIpc) is 3.56. The number of carbonyl (C=O) groups excluding carboxylic acids is 2. The summed E-state index contributed by atoms with van der Waals surface area (Å²) in [5.74, 6) is 0.839. The van der Waals surface area contributed by atoms with Gasteiger partial charge in [0.1, 0.15) is 5.82 Å². The SMILES string of the molecule is C=CC(=O)N1CCC(Nc2n[nH]c3nccc(-c4ccc(CNC(=O)c5ccc6c(c5)OCCCO6)c(F)c4)c23)C1. The number of hydrogen-bond donors (Lipinski definition) is 3. The third-order valence-electron chi connectivity index (χ3n) is 7.29. The van der Waals surface area contributed by atoms with Gasteiger partial charge < -0.3 is 25.0 Å². The van der Waals surface area contributed by atoms with Gasteiger partial charge >= 0.3 is 0 Å². The molecule has 4 heterocycles. The molecule has 6 rings (SSSR count). The molecule has 2 aliphatic rings. The molecule has 41 heavy (non-hydrogen) atoms. The van der Waals surface area contributed by atoms with Crippen molar-refractivity contribution in [2.24, 2.45) is 0 Å². The Labute approximate surface area is 235 Å². The molecule has 10 nitrogen and oxygen atoms in total. The normalized spacial score (nSPS) is 16.3. The number of pyridine rings is 1. The summed E-state index contributed by atoms with van der Waals surface area (Å²) in [6.07, 6.45) is 4.50. The van der Waals surface area contributed by atoms with Crippen LogP contribution in [0.1, 0.15) is 28.8 Å². The largest absolute Gasteiger partial charge is 0.490 e. The highest BCUT2D eigenvalue weighted by atomic mass is 19.1. The standard InChI is InChI=1S/C30H29FN6O4/c1-2-26(38)37-11-9-21(17-37)34-29-27-22(8-10-32-28(27)35-36-29)18-4-5-20(23(31)14-18)16-33-30(39)19-6-7-24-25(15-19)41-13-3-12-40-24/h2,4-8,10,14-15,21H,1,3,9,11-13,16-17H2,(H,33,39)(H2,32,34,35,36). The van der Waals surface area contributed by atoms with Crippen molar-refractivity contribution in [3.8, 4) is 22.6 Å². The highest BCUT2D eigenvalue weighted by Crippen LogP contribution is 2.34. The lowest BCUT2D eigenvalue weighted by atomic mass is 10.0. The first-order valence-electron chi connectivity index (χ1n) is 13.5. The number of fused-ring (bicyclic) bond motifs is 2. The van der Waals surface area contributed by atoms with Crippen LogP contribution in [0.15, 0.2) is 61.3 Å². The van der Waals surface area contributed by atoms with Gasteiger partial charge in [-0.25, -0.2) is 9.37 Å². The molecule has 2 aliphatic heterocycles. The Morgan fingerprint density at radius 1 is 1.15 bits per heavy atom. The third kappa shape index (κ3) is 5.43. The van der Waals surface area contributed by atoms with E-state index in [0.717, 1.165) is 23.8 Å². The minimum atomic E-state index is -0.446. The molecule has 0 saturated carbocycles. The number of rotatable bonds is 7. The van der Waals surface area contributed by atoms with E-state index >= 15 is 4.39 Å². The number of halogens is 1. The van der Waals surface area contributed by atoms with Crippen LogP contribution in [0.25, 0.3) is 22.2 Å². The molecule has 1 fully saturated rings. The Balaban J connectivity index is 1.17. The molecule has 1 unspecified atom stereocenters. The van der Waals surface area contributed by atoms with Crippen LogP contribution in [0.2, 0.25) is 0 Å². The van der Waals surface area contributed by atoms with E-state index in [9.17, 15) is 9.59 Å². The monoisotopic (exact) mass is 556 g/mol. The molecule has 4 aromatic rings. The van der Waals surface area contributed by atoms with Crippen LogP contribution >= 0.6 is 0 Å². The summed E-state index contributed by atoms with van der Waals surface area (Å²) in [7, 11) is 0. The molecule has 210 valence electrons. The topological polar surface area (TPSA) is 121 Å². The van der Waals surface area contributed by atoms with Crippen molar-refractivity contribution < 1.29 is 23.5 Å². The fourth-order valence-electron chi connectivity index (χ4n) is 5.14. The van der Waals surface area contributed by atoms with E-state index in [1.807, 2.05) is 12.1 Å². The second-order valence-electron chi connectivity index (χ2n) is 9.97. The van der Waals surface area contributed by atoms with Crippen LogP contribution in [0, 0.1) is 5.82 Å². The van der Waals surface area contributed by atoms with Crippen LogP contribution in [-0.4, -0.2) is 64.2 Å². The Morgan fingerprint density at radius 3 is 2.83 bits per heavy atom. The zero-order valence-corrected chi connectivity index (χ0v) is 22.3. The molecular weight excluding hydrogens is 527 g/mol. The van der Waals surface area contributed by atoms with Gasteiger partial charge in [-0.05, 0) is 54.0 Å². The third-order valence-corrected chi connectivity index (χ3v) is 7.29. The average molecular weight is 557 g/mol. The van der Waals surface area contributed by atoms with E-state index in [1.165, 1.54) is 12.1 Å². The van der Waals surface area contributed by atoms with Gasteiger partial charge in [0.25, 0.3) is 5.91 Å². The van der Waals surface area contributed by atoms with Crippen LogP contribution in [0.3, 0.4) is 0 Å². The fraction of sp³-hybridized carbons (Fsp3) is 0.267. The number of carbonyl (C=O) groups is 2. The van der Waals surface area contributed by atoms with Crippen molar-refractivity contribution in [2.75, 3.05) is 31.6 Å². The van der Waals surface area contributed by atoms with Crippen LogP contribution in [-0.2, 0) is 11.3 Å². The first kappa shape index (κ1) is 26.3. The van der Waals surface area contributed by atoms with Gasteiger partial charge in [0.15, 0.2) is 23.0 Å². The zero-order chi connectivity index (χ0) is 28.3. The van der Waals surface area contributed by atoms with Crippen molar-refractivity contribution >= 4 is 28.7 Å². The lowest BCUT2D eigenvalue weighted by molar-refractivity contribution is -0.125. The first-order chi connectivity index (χ1) is 20.0. The number of hydrogen-bond acceptors (Lipinski definition) is 7. The lowest BCUT2D eigenvalue weighted by Crippen LogP contribution is -2.30. The van der Waals surface area contributed by atoms with Crippen molar-refractivity contribution in [3.63, 3.8) is 0 Å². The molecular formula is C30H29FN6O4. The Hall–Kier alpha value is -4.93. The summed E-state index contributed by atoms with van der Waals surface area (Å²) in [5, 5.41) is 14.3. The second-order valence-corrected chi connectivity index (χ2v) is 9.97. The van der Waals surface area contributed by atoms with E-state index < -0.39 is 5.82 Å². The Bertz CT molecular complexity index is 1640. The number of nitrogens with zero attached hydrogens (tertiary/aromatic N) is 3. The number of aromatic amines is 1. The Morgan fingerprint density at radius 2 is 2.00 bits per heavy atom. The molecule has 2 aromatic heterocycles. The highest BCUT2D eigenvalue weighted by Gasteiger charge is 2.26. The molecule has 0 spiro atoms. The number of aromatic nitrogens is 3. The fourth-order valence-corrected chi connectivity index (χ4v) is 5.14. The number of anilines is 1. The minimum Gasteiger partial charge on any atom is -0.490 e. The van der Waals surface area contributed by atoms with Gasteiger partial charge in [0.2, 0.25) is 5.91 Å². The quantitative estimate of drug-likeness (QED) is 0.294. The maximum absolute atomic E-state index is 15.3. The molecule has 0 radical (unpaired) electrons. The number of amides is 2. The maximum Gasteiger partial charge on any atom is 0.251 e. The molecule has 2 aromatic carbocycles. The smallest absolute Gasteiger partial charge is 0.251 e. The Kier molecular flexibility index (Phi) is 7.24. The molecule has 1 atom stereocenters. The molecule has 11 heteroatoms. The van der Waals surface area contributed by atoms with Gasteiger partial charge in [0.05, 0.1) is 18.6 Å². The molecule has 2 amide bonds. The number of H-pyrrole nitrogens is 1. The maximum atomic E-state index is 15.3. The predicted octanol–water partition coefficient (Wildman–Crippen LogP) is 4.05. The molecule has 1 saturated heterocycles. The van der Waals surface area contributed by atoms with Gasteiger partial charge in [-0.2, -0.15) is 5.10 Å². The minimum absolute atomic E-state index is 0.0137. The van der Waals surface area contributed by atoms with E-state index in [-0.39, 0.29) is 24.4 Å². The van der Waals surface area contributed by atoms with Gasteiger partial charge in [-0.3, -0.25) is 14.7 Å². The van der Waals surface area contributed by atoms with Crippen LogP contribution in [0.5, 0.6) is 11.5 Å². The van der Waals surface area contributed by atoms with E-state index in [1.54, 1.807) is 35.4 Å². The number of nitrogens with one attached hydrogen (secondary N) is 3. The van der Waals surface area contributed by atoms with Gasteiger partial charge in [0, 0.05) is 49.4 Å². The summed E-state index contributed by atoms with van der Waals surface area (Å²) in [6.45, 7) is 5.83. The van der Waals surface area contributed by atoms with E-state index in [2.05, 4.69) is 32.4 Å². The van der Waals surface area contributed by atoms with Crippen molar-refractivity contribution in [3.05, 3.63) is 78.3 Å². The second kappa shape index (κ2) is 11.3.